The number of anilines is 2. The molecule has 7 nitrogen and oxygen atoms in total. The van der Waals surface area contributed by atoms with Gasteiger partial charge in [-0.15, -0.1) is 0 Å². The van der Waals surface area contributed by atoms with Crippen LogP contribution in [0.15, 0.2) is 42.5 Å². The lowest BCUT2D eigenvalue weighted by molar-refractivity contribution is 0.309. The molecule has 0 aliphatic heterocycles. The van der Waals surface area contributed by atoms with Gasteiger partial charge in [-0.1, -0.05) is 19.1 Å². The summed E-state index contributed by atoms with van der Waals surface area (Å²) in [6.07, 6.45) is 5.64. The van der Waals surface area contributed by atoms with Crippen LogP contribution < -0.4 is 25.0 Å². The quantitative estimate of drug-likeness (QED) is 0.339. The van der Waals surface area contributed by atoms with Crippen molar-refractivity contribution in [1.82, 2.24) is 15.3 Å². The van der Waals surface area contributed by atoms with Crippen molar-refractivity contribution in [2.45, 2.75) is 58.5 Å². The Bertz CT molecular complexity index is 1110. The molecule has 1 aromatic heterocycles. The van der Waals surface area contributed by atoms with Gasteiger partial charge in [0.2, 0.25) is 5.95 Å². The summed E-state index contributed by atoms with van der Waals surface area (Å²) in [7, 11) is 4.06. The van der Waals surface area contributed by atoms with Crippen molar-refractivity contribution in [2.75, 3.05) is 44.1 Å². The molecule has 4 rings (SSSR count). The number of nitrogens with zero attached hydrogens (tertiary/aromatic N) is 3. The number of para-hydroxylation sites is 1. The average molecular weight is 492 g/mol. The van der Waals surface area contributed by atoms with Crippen LogP contribution in [-0.2, 0) is 6.54 Å². The minimum atomic E-state index is 0.411. The van der Waals surface area contributed by atoms with E-state index in [2.05, 4.69) is 40.7 Å². The summed E-state index contributed by atoms with van der Waals surface area (Å²) in [5.74, 6) is 4.21. The van der Waals surface area contributed by atoms with Crippen molar-refractivity contribution < 1.29 is 9.47 Å². The second kappa shape index (κ2) is 12.8. The van der Waals surface area contributed by atoms with Crippen molar-refractivity contribution >= 4 is 22.7 Å². The minimum absolute atomic E-state index is 0.411. The van der Waals surface area contributed by atoms with Crippen LogP contribution in [0.25, 0.3) is 10.9 Å². The maximum Gasteiger partial charge on any atom is 0.225 e. The number of hydrogen-bond donors (Lipinski definition) is 2. The number of ether oxygens (including phenoxy) is 2. The van der Waals surface area contributed by atoms with Gasteiger partial charge in [-0.05, 0) is 81.8 Å². The molecule has 1 aliphatic carbocycles. The van der Waals surface area contributed by atoms with Gasteiger partial charge in [0.15, 0.2) is 0 Å². The van der Waals surface area contributed by atoms with Gasteiger partial charge in [0.25, 0.3) is 0 Å². The third kappa shape index (κ3) is 6.78. The summed E-state index contributed by atoms with van der Waals surface area (Å²) in [6, 6.07) is 14.8. The molecule has 1 saturated carbocycles. The molecule has 7 heteroatoms. The van der Waals surface area contributed by atoms with E-state index >= 15 is 0 Å². The Morgan fingerprint density at radius 2 is 1.78 bits per heavy atom. The molecular weight excluding hydrogens is 450 g/mol. The fourth-order valence-electron chi connectivity index (χ4n) is 4.87. The Labute approximate surface area is 215 Å². The van der Waals surface area contributed by atoms with Gasteiger partial charge >= 0.3 is 0 Å². The number of benzene rings is 2. The fraction of sp³-hybridized carbons (Fsp3) is 0.517. The van der Waals surface area contributed by atoms with E-state index in [1.165, 1.54) is 12.8 Å². The number of nitrogens with one attached hydrogen (secondary N) is 2. The van der Waals surface area contributed by atoms with E-state index in [1.54, 1.807) is 0 Å². The SMILES string of the molecule is CCCOc1ccc(OCC)c(CNC[C@H]2CC[C@@H](Nc3nc(N(C)C)c4ccccc4n3)CC2)c1. The van der Waals surface area contributed by atoms with Gasteiger partial charge in [0.1, 0.15) is 17.3 Å². The molecule has 2 aromatic carbocycles. The molecule has 1 heterocycles. The summed E-state index contributed by atoms with van der Waals surface area (Å²) in [6.45, 7) is 7.34. The highest BCUT2D eigenvalue weighted by Gasteiger charge is 2.22. The number of rotatable bonds is 12. The van der Waals surface area contributed by atoms with Crippen molar-refractivity contribution in [3.8, 4) is 11.5 Å². The summed E-state index contributed by atoms with van der Waals surface area (Å²) in [5, 5.41) is 8.37. The molecule has 0 amide bonds. The minimum Gasteiger partial charge on any atom is -0.494 e. The Morgan fingerprint density at radius 3 is 2.53 bits per heavy atom. The summed E-state index contributed by atoms with van der Waals surface area (Å²) in [5.41, 5.74) is 2.14. The molecule has 0 spiro atoms. The first-order valence-corrected chi connectivity index (χ1v) is 13.4. The maximum absolute atomic E-state index is 5.84. The molecule has 0 unspecified atom stereocenters. The number of hydrogen-bond acceptors (Lipinski definition) is 7. The van der Waals surface area contributed by atoms with Crippen LogP contribution in [0.3, 0.4) is 0 Å². The lowest BCUT2D eigenvalue weighted by Gasteiger charge is -2.29. The molecule has 2 N–H and O–H groups in total. The highest BCUT2D eigenvalue weighted by atomic mass is 16.5. The molecule has 0 saturated heterocycles. The largest absolute Gasteiger partial charge is 0.494 e. The van der Waals surface area contributed by atoms with Gasteiger partial charge in [-0.2, -0.15) is 4.98 Å². The smallest absolute Gasteiger partial charge is 0.225 e. The van der Waals surface area contributed by atoms with E-state index in [-0.39, 0.29) is 0 Å². The van der Waals surface area contributed by atoms with E-state index in [1.807, 2.05) is 45.3 Å². The zero-order valence-corrected chi connectivity index (χ0v) is 22.2. The third-order valence-corrected chi connectivity index (χ3v) is 6.74. The molecule has 3 aromatic rings. The molecular formula is C29H41N5O2. The van der Waals surface area contributed by atoms with Crippen LogP contribution in [0.1, 0.15) is 51.5 Å². The van der Waals surface area contributed by atoms with Gasteiger partial charge in [-0.3, -0.25) is 0 Å². The molecule has 194 valence electrons. The first kappa shape index (κ1) is 26.0. The molecule has 0 bridgehead atoms. The third-order valence-electron chi connectivity index (χ3n) is 6.74. The van der Waals surface area contributed by atoms with Crippen LogP contribution in [0.5, 0.6) is 11.5 Å². The van der Waals surface area contributed by atoms with Gasteiger partial charge in [0.05, 0.1) is 18.7 Å². The van der Waals surface area contributed by atoms with E-state index in [0.29, 0.717) is 18.6 Å². The van der Waals surface area contributed by atoms with E-state index < -0.39 is 0 Å². The zero-order valence-electron chi connectivity index (χ0n) is 22.2. The lowest BCUT2D eigenvalue weighted by Crippen LogP contribution is -2.31. The van der Waals surface area contributed by atoms with Crippen LogP contribution >= 0.6 is 0 Å². The van der Waals surface area contributed by atoms with Crippen LogP contribution in [0.2, 0.25) is 0 Å². The monoisotopic (exact) mass is 491 g/mol. The van der Waals surface area contributed by atoms with Crippen LogP contribution in [-0.4, -0.2) is 49.9 Å². The Balaban J connectivity index is 1.28. The molecule has 1 fully saturated rings. The van der Waals surface area contributed by atoms with Crippen LogP contribution in [0, 0.1) is 5.92 Å². The van der Waals surface area contributed by atoms with Crippen LogP contribution in [0.4, 0.5) is 11.8 Å². The summed E-state index contributed by atoms with van der Waals surface area (Å²) in [4.78, 5) is 11.7. The molecule has 0 atom stereocenters. The average Bonchev–Trinajstić information content (AvgIpc) is 2.89. The molecule has 0 radical (unpaired) electrons. The predicted molar refractivity (Wildman–Crippen MR) is 148 cm³/mol. The van der Waals surface area contributed by atoms with E-state index in [4.69, 9.17) is 19.4 Å². The van der Waals surface area contributed by atoms with Gasteiger partial charge < -0.3 is 25.0 Å². The predicted octanol–water partition coefficient (Wildman–Crippen LogP) is 5.64. The van der Waals surface area contributed by atoms with Crippen molar-refractivity contribution in [3.05, 3.63) is 48.0 Å². The number of aromatic nitrogens is 2. The highest BCUT2D eigenvalue weighted by Crippen LogP contribution is 2.29. The first-order valence-electron chi connectivity index (χ1n) is 13.4. The lowest BCUT2D eigenvalue weighted by atomic mass is 9.86. The normalized spacial score (nSPS) is 17.7. The summed E-state index contributed by atoms with van der Waals surface area (Å²) < 4.78 is 11.7. The number of fused-ring (bicyclic) bond motifs is 1. The fourth-order valence-corrected chi connectivity index (χ4v) is 4.87. The molecule has 36 heavy (non-hydrogen) atoms. The standard InChI is InChI=1S/C29H41N5O2/c1-5-17-36-24-15-16-27(35-6-2)22(18-24)20-30-19-21-11-13-23(14-12-21)31-29-32-26-10-8-7-9-25(26)28(33-29)34(3)4/h7-10,15-16,18,21,23,30H,5-6,11-14,17,19-20H2,1-4H3,(H,31,32,33)/t21-,23+. The van der Waals surface area contributed by atoms with Crippen molar-refractivity contribution in [1.29, 1.82) is 0 Å². The van der Waals surface area contributed by atoms with Gasteiger partial charge in [-0.25, -0.2) is 4.98 Å². The van der Waals surface area contributed by atoms with Crippen molar-refractivity contribution in [2.24, 2.45) is 5.92 Å². The first-order chi connectivity index (χ1) is 17.6. The zero-order chi connectivity index (χ0) is 25.3. The topological polar surface area (TPSA) is 71.5 Å². The van der Waals surface area contributed by atoms with Crippen molar-refractivity contribution in [3.63, 3.8) is 0 Å². The summed E-state index contributed by atoms with van der Waals surface area (Å²) >= 11 is 0. The Hall–Kier alpha value is -3.06. The van der Waals surface area contributed by atoms with E-state index in [0.717, 1.165) is 78.7 Å². The maximum atomic E-state index is 5.84. The second-order valence-electron chi connectivity index (χ2n) is 9.83. The highest BCUT2D eigenvalue weighted by molar-refractivity contribution is 5.90. The van der Waals surface area contributed by atoms with E-state index in [9.17, 15) is 0 Å². The Kier molecular flexibility index (Phi) is 9.23. The van der Waals surface area contributed by atoms with Gasteiger partial charge in [0, 0.05) is 37.6 Å². The molecule has 1 aliphatic rings. The second-order valence-corrected chi connectivity index (χ2v) is 9.83. The Morgan fingerprint density at radius 1 is 0.972 bits per heavy atom.